The van der Waals surface area contributed by atoms with Crippen molar-refractivity contribution in [2.75, 3.05) is 26.2 Å². The normalized spacial score (nSPS) is 22.5. The van der Waals surface area contributed by atoms with E-state index >= 15 is 0 Å². The molecule has 2 saturated heterocycles. The topological polar surface area (TPSA) is 86.8 Å². The molecule has 130 valence electrons. The molecule has 9 heteroatoms. The lowest BCUT2D eigenvalue weighted by atomic mass is 10.2. The van der Waals surface area contributed by atoms with Gasteiger partial charge in [0.2, 0.25) is 21.8 Å². The molecule has 2 aliphatic heterocycles. The Kier molecular flexibility index (Phi) is 4.80. The predicted octanol–water partition coefficient (Wildman–Crippen LogP) is 0.452. The molecular formula is C15H18ClN3O4S. The number of amides is 2. The zero-order chi connectivity index (χ0) is 17.3. The third kappa shape index (κ3) is 3.40. The van der Waals surface area contributed by atoms with E-state index in [1.165, 1.54) is 16.4 Å². The monoisotopic (exact) mass is 371 g/mol. The lowest BCUT2D eigenvalue weighted by molar-refractivity contribution is -0.135. The van der Waals surface area contributed by atoms with Gasteiger partial charge in [-0.1, -0.05) is 17.7 Å². The summed E-state index contributed by atoms with van der Waals surface area (Å²) in [6, 6.07) is 5.66. The van der Waals surface area contributed by atoms with Crippen molar-refractivity contribution in [3.63, 3.8) is 0 Å². The first-order valence-corrected chi connectivity index (χ1v) is 9.53. The molecule has 0 aromatic heterocycles. The van der Waals surface area contributed by atoms with E-state index in [1.807, 2.05) is 0 Å². The van der Waals surface area contributed by atoms with Crippen molar-refractivity contribution >= 4 is 33.4 Å². The Labute approximate surface area is 145 Å². The number of sulfonamides is 1. The van der Waals surface area contributed by atoms with Crippen LogP contribution in [0, 0.1) is 0 Å². The van der Waals surface area contributed by atoms with Gasteiger partial charge in [-0.15, -0.1) is 0 Å². The Morgan fingerprint density at radius 3 is 2.50 bits per heavy atom. The fourth-order valence-electron chi connectivity index (χ4n) is 2.95. The molecule has 1 aromatic carbocycles. The minimum Gasteiger partial charge on any atom is -0.344 e. The van der Waals surface area contributed by atoms with E-state index in [0.29, 0.717) is 31.0 Å². The maximum atomic E-state index is 12.6. The molecule has 1 aromatic rings. The van der Waals surface area contributed by atoms with Crippen LogP contribution >= 0.6 is 11.6 Å². The van der Waals surface area contributed by atoms with Crippen LogP contribution in [0.15, 0.2) is 29.2 Å². The van der Waals surface area contributed by atoms with Crippen molar-refractivity contribution in [2.24, 2.45) is 0 Å². The van der Waals surface area contributed by atoms with Crippen molar-refractivity contribution in [1.29, 1.82) is 0 Å². The predicted molar refractivity (Wildman–Crippen MR) is 88.0 cm³/mol. The van der Waals surface area contributed by atoms with Gasteiger partial charge in [0.25, 0.3) is 0 Å². The van der Waals surface area contributed by atoms with Crippen LogP contribution in [-0.4, -0.2) is 61.7 Å². The first kappa shape index (κ1) is 17.2. The van der Waals surface area contributed by atoms with E-state index < -0.39 is 16.1 Å². The lowest BCUT2D eigenvalue weighted by Crippen LogP contribution is -2.54. The fraction of sp³-hybridized carbons (Fsp3) is 0.467. The maximum absolute atomic E-state index is 12.6. The molecule has 0 aliphatic carbocycles. The third-order valence-corrected chi connectivity index (χ3v) is 6.41. The molecule has 0 radical (unpaired) electrons. The summed E-state index contributed by atoms with van der Waals surface area (Å²) < 4.78 is 26.6. The molecule has 0 spiro atoms. The number of nitrogens with zero attached hydrogens (tertiary/aromatic N) is 2. The highest BCUT2D eigenvalue weighted by molar-refractivity contribution is 7.89. The Hall–Kier alpha value is -1.64. The zero-order valence-corrected chi connectivity index (χ0v) is 14.5. The molecule has 2 amide bonds. The zero-order valence-electron chi connectivity index (χ0n) is 12.9. The molecule has 2 heterocycles. The summed E-state index contributed by atoms with van der Waals surface area (Å²) in [4.78, 5) is 25.3. The smallest absolute Gasteiger partial charge is 0.245 e. The standard InChI is InChI=1S/C15H18ClN3O4S/c16-11-2-1-3-12(10-11)24(22,23)19-8-6-18(7-9-19)15(21)13-4-5-14(20)17-13/h1-3,10,13H,4-9H2,(H,17,20). The highest BCUT2D eigenvalue weighted by atomic mass is 35.5. The molecule has 24 heavy (non-hydrogen) atoms. The van der Waals surface area contributed by atoms with Gasteiger partial charge in [-0.25, -0.2) is 8.42 Å². The van der Waals surface area contributed by atoms with Gasteiger partial charge >= 0.3 is 0 Å². The first-order valence-electron chi connectivity index (χ1n) is 7.72. The van der Waals surface area contributed by atoms with E-state index in [9.17, 15) is 18.0 Å². The lowest BCUT2D eigenvalue weighted by Gasteiger charge is -2.35. The number of carbonyl (C=O) groups excluding carboxylic acids is 2. The van der Waals surface area contributed by atoms with Crippen molar-refractivity contribution in [2.45, 2.75) is 23.8 Å². The summed E-state index contributed by atoms with van der Waals surface area (Å²) in [5.41, 5.74) is 0. The van der Waals surface area contributed by atoms with Crippen molar-refractivity contribution in [3.8, 4) is 0 Å². The molecule has 1 atom stereocenters. The van der Waals surface area contributed by atoms with E-state index in [1.54, 1.807) is 17.0 Å². The van der Waals surface area contributed by atoms with Gasteiger partial charge in [0, 0.05) is 37.6 Å². The minimum atomic E-state index is -3.62. The van der Waals surface area contributed by atoms with Gasteiger partial charge in [0.1, 0.15) is 6.04 Å². The Bertz CT molecular complexity index is 760. The molecule has 0 bridgehead atoms. The number of hydrogen-bond donors (Lipinski definition) is 1. The second kappa shape index (κ2) is 6.70. The highest BCUT2D eigenvalue weighted by Gasteiger charge is 2.35. The fourth-order valence-corrected chi connectivity index (χ4v) is 4.67. The summed E-state index contributed by atoms with van der Waals surface area (Å²) in [5.74, 6) is -0.254. The average molecular weight is 372 g/mol. The second-order valence-electron chi connectivity index (χ2n) is 5.85. The molecule has 2 fully saturated rings. The van der Waals surface area contributed by atoms with E-state index in [-0.39, 0.29) is 29.8 Å². The number of benzene rings is 1. The molecule has 1 N–H and O–H groups in total. The molecule has 3 rings (SSSR count). The molecule has 2 aliphatic rings. The van der Waals surface area contributed by atoms with Crippen molar-refractivity contribution in [1.82, 2.24) is 14.5 Å². The van der Waals surface area contributed by atoms with E-state index in [0.717, 1.165) is 0 Å². The second-order valence-corrected chi connectivity index (χ2v) is 8.22. The Morgan fingerprint density at radius 2 is 1.92 bits per heavy atom. The summed E-state index contributed by atoms with van der Waals surface area (Å²) in [6.45, 7) is 1.07. The van der Waals surface area contributed by atoms with Gasteiger partial charge in [-0.3, -0.25) is 9.59 Å². The van der Waals surface area contributed by atoms with Gasteiger partial charge in [0.15, 0.2) is 0 Å². The minimum absolute atomic E-state index is 0.115. The summed E-state index contributed by atoms with van der Waals surface area (Å²) in [5, 5.41) is 3.01. The van der Waals surface area contributed by atoms with Crippen LogP contribution in [0.4, 0.5) is 0 Å². The largest absolute Gasteiger partial charge is 0.344 e. The SMILES string of the molecule is O=C1CCC(C(=O)N2CCN(S(=O)(=O)c3cccc(Cl)c3)CC2)N1. The molecule has 7 nitrogen and oxygen atoms in total. The van der Waals surface area contributed by atoms with Crippen LogP contribution in [0.5, 0.6) is 0 Å². The molecule has 0 saturated carbocycles. The number of carbonyl (C=O) groups is 2. The number of rotatable bonds is 3. The van der Waals surface area contributed by atoms with Crippen LogP contribution in [-0.2, 0) is 19.6 Å². The van der Waals surface area contributed by atoms with Gasteiger partial charge in [-0.2, -0.15) is 4.31 Å². The molecule has 1 unspecified atom stereocenters. The number of halogens is 1. The van der Waals surface area contributed by atoms with Gasteiger partial charge in [0.05, 0.1) is 4.90 Å². The summed E-state index contributed by atoms with van der Waals surface area (Å²) in [7, 11) is -3.62. The van der Waals surface area contributed by atoms with E-state index in [2.05, 4.69) is 5.32 Å². The van der Waals surface area contributed by atoms with E-state index in [4.69, 9.17) is 11.6 Å². The Balaban J connectivity index is 1.64. The van der Waals surface area contributed by atoms with Crippen LogP contribution in [0.1, 0.15) is 12.8 Å². The van der Waals surface area contributed by atoms with Crippen molar-refractivity contribution < 1.29 is 18.0 Å². The van der Waals surface area contributed by atoms with Gasteiger partial charge in [-0.05, 0) is 24.6 Å². The highest BCUT2D eigenvalue weighted by Crippen LogP contribution is 2.21. The Morgan fingerprint density at radius 1 is 1.21 bits per heavy atom. The number of piperazine rings is 1. The van der Waals surface area contributed by atoms with Crippen LogP contribution in [0.3, 0.4) is 0 Å². The first-order chi connectivity index (χ1) is 11.4. The van der Waals surface area contributed by atoms with Crippen LogP contribution in [0.2, 0.25) is 5.02 Å². The van der Waals surface area contributed by atoms with Gasteiger partial charge < -0.3 is 10.2 Å². The summed E-state index contributed by atoms with van der Waals surface area (Å²) in [6.07, 6.45) is 0.859. The van der Waals surface area contributed by atoms with Crippen LogP contribution in [0.25, 0.3) is 0 Å². The third-order valence-electron chi connectivity index (χ3n) is 4.28. The molecular weight excluding hydrogens is 354 g/mol. The van der Waals surface area contributed by atoms with Crippen molar-refractivity contribution in [3.05, 3.63) is 29.3 Å². The average Bonchev–Trinajstić information content (AvgIpc) is 3.01. The van der Waals surface area contributed by atoms with Crippen LogP contribution < -0.4 is 5.32 Å². The number of nitrogens with one attached hydrogen (secondary N) is 1. The summed E-state index contributed by atoms with van der Waals surface area (Å²) >= 11 is 5.87. The number of hydrogen-bond acceptors (Lipinski definition) is 4. The maximum Gasteiger partial charge on any atom is 0.245 e. The quantitative estimate of drug-likeness (QED) is 0.835.